The average molecular weight is 486 g/mol. The second-order valence-electron chi connectivity index (χ2n) is 9.35. The van der Waals surface area contributed by atoms with E-state index in [2.05, 4.69) is 22.0 Å². The Balaban J connectivity index is 1.48. The fourth-order valence-electron chi connectivity index (χ4n) is 4.96. The van der Waals surface area contributed by atoms with Crippen LogP contribution in [0.1, 0.15) is 40.2 Å². The number of hydrogen-bond donors (Lipinski definition) is 3. The maximum atomic E-state index is 13.3. The molecule has 1 fully saturated rings. The Bertz CT molecular complexity index is 1430. The lowest BCUT2D eigenvalue weighted by Gasteiger charge is -2.31. The first kappa shape index (κ1) is 23.7. The summed E-state index contributed by atoms with van der Waals surface area (Å²) in [6.45, 7) is 2.15. The van der Waals surface area contributed by atoms with Crippen LogP contribution in [0.25, 0.3) is 11.2 Å². The van der Waals surface area contributed by atoms with Crippen LogP contribution >= 0.6 is 0 Å². The van der Waals surface area contributed by atoms with Crippen molar-refractivity contribution >= 4 is 23.0 Å². The number of hydrogen-bond acceptors (Lipinski definition) is 6. The van der Waals surface area contributed by atoms with Crippen LogP contribution in [0.3, 0.4) is 0 Å². The number of amides is 1. The Kier molecular flexibility index (Phi) is 6.81. The number of fused-ring (bicyclic) bond motifs is 1. The molecule has 9 nitrogen and oxygen atoms in total. The highest BCUT2D eigenvalue weighted by molar-refractivity contribution is 5.94. The molecule has 5 N–H and O–H groups in total. The lowest BCUT2D eigenvalue weighted by Crippen LogP contribution is -2.44. The second-order valence-corrected chi connectivity index (χ2v) is 9.35. The first-order valence-electron chi connectivity index (χ1n) is 12.4. The van der Waals surface area contributed by atoms with E-state index in [9.17, 15) is 9.59 Å². The number of H-pyrrole nitrogens is 1. The van der Waals surface area contributed by atoms with Crippen molar-refractivity contribution in [3.05, 3.63) is 87.5 Å². The molecular formula is C27H31N7O2. The van der Waals surface area contributed by atoms with Crippen LogP contribution in [0.15, 0.2) is 59.4 Å². The summed E-state index contributed by atoms with van der Waals surface area (Å²) in [5.74, 6) is 0.802. The van der Waals surface area contributed by atoms with Gasteiger partial charge in [-0.15, -0.1) is 0 Å². The number of imidazole rings is 1. The summed E-state index contributed by atoms with van der Waals surface area (Å²) >= 11 is 0. The number of aromatic nitrogens is 4. The number of rotatable bonds is 8. The largest absolute Gasteiger partial charge is 0.366 e. The molecule has 0 saturated carbocycles. The number of carbonyl (C=O) groups excluding carboxylic acids is 1. The van der Waals surface area contributed by atoms with Gasteiger partial charge in [0.05, 0.1) is 0 Å². The summed E-state index contributed by atoms with van der Waals surface area (Å²) < 4.78 is 1.98. The molecule has 5 rings (SSSR count). The summed E-state index contributed by atoms with van der Waals surface area (Å²) in [5.41, 5.74) is 15.0. The standard InChI is InChI=1S/C27H31N7O2/c28-20-10-6-15-33(17-20)27-32-25-23(34(27)16-14-18-7-2-1-3-8-18)26(36)31-22(30-25)13-12-19-9-4-5-11-21(19)24(29)35/h1-5,7-9,11,20H,6,10,12-17,28H2,(H2,29,35)(H,30,31,36). The first-order chi connectivity index (χ1) is 17.5. The van der Waals surface area contributed by atoms with Crippen molar-refractivity contribution in [2.75, 3.05) is 18.0 Å². The average Bonchev–Trinajstić information content (AvgIpc) is 3.26. The van der Waals surface area contributed by atoms with Gasteiger partial charge in [0.25, 0.3) is 5.56 Å². The van der Waals surface area contributed by atoms with Gasteiger partial charge in [0, 0.05) is 37.7 Å². The molecule has 1 amide bonds. The van der Waals surface area contributed by atoms with Crippen LogP contribution in [-0.2, 0) is 25.8 Å². The van der Waals surface area contributed by atoms with Gasteiger partial charge in [-0.3, -0.25) is 9.59 Å². The van der Waals surface area contributed by atoms with Crippen LogP contribution in [0, 0.1) is 0 Å². The Morgan fingerprint density at radius 2 is 1.81 bits per heavy atom. The summed E-state index contributed by atoms with van der Waals surface area (Å²) in [7, 11) is 0. The second kappa shape index (κ2) is 10.3. The predicted molar refractivity (Wildman–Crippen MR) is 140 cm³/mol. The van der Waals surface area contributed by atoms with Crippen molar-refractivity contribution in [3.8, 4) is 0 Å². The number of nitrogens with two attached hydrogens (primary N) is 2. The molecule has 0 aliphatic carbocycles. The lowest BCUT2D eigenvalue weighted by atomic mass is 10.0. The van der Waals surface area contributed by atoms with Crippen molar-refractivity contribution in [3.63, 3.8) is 0 Å². The molecule has 1 saturated heterocycles. The number of aryl methyl sites for hydroxylation is 4. The van der Waals surface area contributed by atoms with Gasteiger partial charge in [0.1, 0.15) is 5.82 Å². The first-order valence-corrected chi connectivity index (χ1v) is 12.4. The van der Waals surface area contributed by atoms with E-state index in [1.165, 1.54) is 5.56 Å². The van der Waals surface area contributed by atoms with E-state index in [1.54, 1.807) is 12.1 Å². The van der Waals surface area contributed by atoms with Crippen LogP contribution in [0.4, 0.5) is 5.95 Å². The molecular weight excluding hydrogens is 454 g/mol. The zero-order chi connectivity index (χ0) is 25.1. The van der Waals surface area contributed by atoms with Gasteiger partial charge < -0.3 is 25.9 Å². The van der Waals surface area contributed by atoms with Gasteiger partial charge in [-0.2, -0.15) is 4.98 Å². The summed E-state index contributed by atoms with van der Waals surface area (Å²) in [6.07, 6.45) is 3.71. The van der Waals surface area contributed by atoms with Gasteiger partial charge in [-0.05, 0) is 42.9 Å². The van der Waals surface area contributed by atoms with Crippen LogP contribution in [0.2, 0.25) is 0 Å². The number of benzene rings is 2. The molecule has 0 spiro atoms. The van der Waals surface area contributed by atoms with E-state index in [0.717, 1.165) is 37.3 Å². The third-order valence-electron chi connectivity index (χ3n) is 6.76. The van der Waals surface area contributed by atoms with Crippen LogP contribution in [0.5, 0.6) is 0 Å². The molecule has 1 atom stereocenters. The van der Waals surface area contributed by atoms with Gasteiger partial charge >= 0.3 is 0 Å². The molecule has 2 aromatic heterocycles. The quantitative estimate of drug-likeness (QED) is 0.350. The van der Waals surface area contributed by atoms with Gasteiger partial charge in [-0.25, -0.2) is 4.98 Å². The molecule has 1 unspecified atom stereocenters. The molecule has 36 heavy (non-hydrogen) atoms. The molecule has 4 aromatic rings. The van der Waals surface area contributed by atoms with E-state index in [4.69, 9.17) is 21.4 Å². The highest BCUT2D eigenvalue weighted by Crippen LogP contribution is 2.23. The topological polar surface area (TPSA) is 136 Å². The van der Waals surface area contributed by atoms with Crippen molar-refractivity contribution in [1.29, 1.82) is 0 Å². The zero-order valence-corrected chi connectivity index (χ0v) is 20.2. The predicted octanol–water partition coefficient (Wildman–Crippen LogP) is 2.17. The minimum absolute atomic E-state index is 0.0771. The molecule has 0 radical (unpaired) electrons. The Labute approximate surface area is 209 Å². The van der Waals surface area contributed by atoms with E-state index >= 15 is 0 Å². The normalized spacial score (nSPS) is 15.9. The van der Waals surface area contributed by atoms with E-state index in [1.807, 2.05) is 34.9 Å². The van der Waals surface area contributed by atoms with Crippen molar-refractivity contribution in [2.45, 2.75) is 44.7 Å². The van der Waals surface area contributed by atoms with Gasteiger partial charge in [0.2, 0.25) is 11.9 Å². The molecule has 1 aliphatic heterocycles. The van der Waals surface area contributed by atoms with E-state index in [0.29, 0.717) is 48.5 Å². The fraction of sp³-hybridized carbons (Fsp3) is 0.333. The molecule has 3 heterocycles. The summed E-state index contributed by atoms with van der Waals surface area (Å²) in [5, 5.41) is 0. The number of nitrogens with zero attached hydrogens (tertiary/aromatic N) is 4. The highest BCUT2D eigenvalue weighted by Gasteiger charge is 2.24. The van der Waals surface area contributed by atoms with Crippen molar-refractivity contribution in [2.24, 2.45) is 11.5 Å². The molecule has 1 aliphatic rings. The fourth-order valence-corrected chi connectivity index (χ4v) is 4.96. The third-order valence-corrected chi connectivity index (χ3v) is 6.76. The maximum absolute atomic E-state index is 13.3. The van der Waals surface area contributed by atoms with Crippen molar-refractivity contribution in [1.82, 2.24) is 19.5 Å². The minimum atomic E-state index is -0.468. The molecule has 9 heteroatoms. The van der Waals surface area contributed by atoms with Crippen LogP contribution < -0.4 is 21.9 Å². The highest BCUT2D eigenvalue weighted by atomic mass is 16.1. The van der Waals surface area contributed by atoms with Crippen LogP contribution in [-0.4, -0.2) is 44.6 Å². The monoisotopic (exact) mass is 485 g/mol. The SMILES string of the molecule is NC(=O)c1ccccc1CCc1nc2nc(N3CCCC(N)C3)n(CCc3ccccc3)c2c(=O)[nH]1. The van der Waals surface area contributed by atoms with E-state index < -0.39 is 5.91 Å². The number of primary amides is 1. The number of anilines is 1. The van der Waals surface area contributed by atoms with Gasteiger partial charge in [0.15, 0.2) is 11.2 Å². The lowest BCUT2D eigenvalue weighted by molar-refractivity contribution is 0.0999. The van der Waals surface area contributed by atoms with Crippen molar-refractivity contribution < 1.29 is 4.79 Å². The number of nitrogens with one attached hydrogen (secondary N) is 1. The Hall–Kier alpha value is -3.98. The zero-order valence-electron chi connectivity index (χ0n) is 20.2. The maximum Gasteiger partial charge on any atom is 0.277 e. The van der Waals surface area contributed by atoms with Gasteiger partial charge in [-0.1, -0.05) is 48.5 Å². The Morgan fingerprint density at radius 3 is 2.58 bits per heavy atom. The summed E-state index contributed by atoms with van der Waals surface area (Å²) in [4.78, 5) is 39.7. The Morgan fingerprint density at radius 1 is 1.03 bits per heavy atom. The number of carbonyl (C=O) groups is 1. The minimum Gasteiger partial charge on any atom is -0.366 e. The smallest absolute Gasteiger partial charge is 0.277 e. The summed E-state index contributed by atoms with van der Waals surface area (Å²) in [6, 6.07) is 17.5. The molecule has 0 bridgehead atoms. The third kappa shape index (κ3) is 5.01. The molecule has 186 valence electrons. The molecule has 2 aromatic carbocycles. The van der Waals surface area contributed by atoms with E-state index in [-0.39, 0.29) is 11.6 Å². The number of piperidine rings is 1. The number of aromatic amines is 1.